The molecule has 33 heavy (non-hydrogen) atoms. The zero-order valence-electron chi connectivity index (χ0n) is 19.2. The van der Waals surface area contributed by atoms with Crippen molar-refractivity contribution in [2.24, 2.45) is 5.92 Å². The third-order valence-electron chi connectivity index (χ3n) is 5.29. The molecule has 2 aromatic rings. The van der Waals surface area contributed by atoms with Crippen LogP contribution in [0, 0.1) is 17.8 Å². The summed E-state index contributed by atoms with van der Waals surface area (Å²) in [6.07, 6.45) is 4.32. The van der Waals surface area contributed by atoms with Gasteiger partial charge in [0.25, 0.3) is 5.91 Å². The molecule has 0 aromatic heterocycles. The summed E-state index contributed by atoms with van der Waals surface area (Å²) >= 11 is 0. The fraction of sp³-hybridized carbons (Fsp3) is 0.308. The number of likely N-dealkylation sites (tertiary alicyclic amines) is 1. The van der Waals surface area contributed by atoms with Crippen molar-refractivity contribution in [1.29, 1.82) is 0 Å². The fourth-order valence-electron chi connectivity index (χ4n) is 3.53. The van der Waals surface area contributed by atoms with Gasteiger partial charge >= 0.3 is 0 Å². The van der Waals surface area contributed by atoms with E-state index in [0.29, 0.717) is 42.2 Å². The Kier molecular flexibility index (Phi) is 7.98. The van der Waals surface area contributed by atoms with Crippen molar-refractivity contribution >= 4 is 17.9 Å². The minimum Gasteiger partial charge on any atom is -0.497 e. The molecule has 2 aromatic carbocycles. The second-order valence-corrected chi connectivity index (χ2v) is 7.31. The number of carbonyl (C=O) groups is 2. The zero-order chi connectivity index (χ0) is 23.8. The van der Waals surface area contributed by atoms with Crippen LogP contribution in [0.5, 0.6) is 23.0 Å². The van der Waals surface area contributed by atoms with Gasteiger partial charge in [-0.2, -0.15) is 0 Å². The lowest BCUT2D eigenvalue weighted by Crippen LogP contribution is -2.43. The number of hydrogen-bond donors (Lipinski definition) is 0. The lowest BCUT2D eigenvalue weighted by molar-refractivity contribution is -0.145. The van der Waals surface area contributed by atoms with Gasteiger partial charge in [0.05, 0.1) is 28.4 Å². The molecule has 0 spiro atoms. The molecule has 1 fully saturated rings. The van der Waals surface area contributed by atoms with Crippen molar-refractivity contribution in [2.45, 2.75) is 12.8 Å². The summed E-state index contributed by atoms with van der Waals surface area (Å²) in [7, 11) is 6.17. The molecule has 0 radical (unpaired) electrons. The van der Waals surface area contributed by atoms with E-state index in [1.807, 2.05) is 24.3 Å². The predicted molar refractivity (Wildman–Crippen MR) is 124 cm³/mol. The number of imide groups is 1. The van der Waals surface area contributed by atoms with E-state index in [-0.39, 0.29) is 11.8 Å². The first-order valence-electron chi connectivity index (χ1n) is 10.5. The number of nitrogens with zero attached hydrogens (tertiary/aromatic N) is 1. The summed E-state index contributed by atoms with van der Waals surface area (Å²) in [5, 5.41) is 0. The molecule has 7 heteroatoms. The summed E-state index contributed by atoms with van der Waals surface area (Å²) in [6, 6.07) is 10.8. The third kappa shape index (κ3) is 5.66. The number of methoxy groups -OCH3 is 4. The fourth-order valence-corrected chi connectivity index (χ4v) is 3.53. The lowest BCUT2D eigenvalue weighted by atomic mass is 9.97. The Morgan fingerprint density at radius 1 is 1.00 bits per heavy atom. The molecule has 172 valence electrons. The smallest absolute Gasteiger partial charge is 0.253 e. The molecule has 1 aliphatic rings. The van der Waals surface area contributed by atoms with E-state index in [1.165, 1.54) is 32.3 Å². The Morgan fingerprint density at radius 2 is 1.67 bits per heavy atom. The van der Waals surface area contributed by atoms with Crippen LogP contribution in [0.4, 0.5) is 0 Å². The van der Waals surface area contributed by atoms with Gasteiger partial charge in [-0.25, -0.2) is 0 Å². The van der Waals surface area contributed by atoms with E-state index >= 15 is 0 Å². The molecule has 1 saturated heterocycles. The summed E-state index contributed by atoms with van der Waals surface area (Å²) < 4.78 is 21.1. The summed E-state index contributed by atoms with van der Waals surface area (Å²) in [5.74, 6) is 7.04. The van der Waals surface area contributed by atoms with Crippen LogP contribution in [-0.2, 0) is 9.59 Å². The van der Waals surface area contributed by atoms with E-state index < -0.39 is 5.92 Å². The maximum Gasteiger partial charge on any atom is 0.253 e. The average molecular weight is 450 g/mol. The third-order valence-corrected chi connectivity index (χ3v) is 5.29. The molecule has 7 nitrogen and oxygen atoms in total. The highest BCUT2D eigenvalue weighted by atomic mass is 16.5. The molecular weight excluding hydrogens is 422 g/mol. The number of rotatable bonds is 6. The molecule has 3 rings (SSSR count). The molecule has 1 heterocycles. The van der Waals surface area contributed by atoms with Crippen molar-refractivity contribution in [2.75, 3.05) is 35.0 Å². The minimum absolute atomic E-state index is 0.276. The Labute approximate surface area is 193 Å². The van der Waals surface area contributed by atoms with Crippen LogP contribution in [-0.4, -0.2) is 51.7 Å². The summed E-state index contributed by atoms with van der Waals surface area (Å²) in [5.41, 5.74) is 1.47. The standard InChI is InChI=1S/C26H27NO6/c1-30-21-12-8-18(9-13-21)7-11-20-6-5-15-27(26(20)29)24(28)14-10-19-16-22(31-2)25(33-4)23(17-19)32-3/h8-10,12-14,16-17,20H,5-6,15H2,1-4H3. The minimum atomic E-state index is -0.514. The number of ether oxygens (including phenoxy) is 4. The number of amides is 2. The van der Waals surface area contributed by atoms with E-state index in [9.17, 15) is 9.59 Å². The number of piperidine rings is 1. The Hall–Kier alpha value is -3.92. The van der Waals surface area contributed by atoms with Gasteiger partial charge in [-0.15, -0.1) is 0 Å². The van der Waals surface area contributed by atoms with Gasteiger partial charge in [0.15, 0.2) is 11.5 Å². The summed E-state index contributed by atoms with van der Waals surface area (Å²) in [4.78, 5) is 26.9. The molecule has 1 aliphatic heterocycles. The predicted octanol–water partition coefficient (Wildman–Crippen LogP) is 3.55. The SMILES string of the molecule is COc1ccc(C#CC2CCCN(C(=O)C=Cc3cc(OC)c(OC)c(OC)c3)C2=O)cc1. The average Bonchev–Trinajstić information content (AvgIpc) is 2.86. The molecule has 0 saturated carbocycles. The highest BCUT2D eigenvalue weighted by Crippen LogP contribution is 2.38. The Bertz CT molecular complexity index is 1070. The maximum absolute atomic E-state index is 12.9. The van der Waals surface area contributed by atoms with Gasteiger partial charge in [-0.3, -0.25) is 14.5 Å². The monoisotopic (exact) mass is 449 g/mol. The second-order valence-electron chi connectivity index (χ2n) is 7.31. The molecule has 1 atom stereocenters. The Morgan fingerprint density at radius 3 is 2.24 bits per heavy atom. The summed E-state index contributed by atoms with van der Waals surface area (Å²) in [6.45, 7) is 0.373. The van der Waals surface area contributed by atoms with Crippen LogP contribution in [0.1, 0.15) is 24.0 Å². The van der Waals surface area contributed by atoms with Gasteiger partial charge in [-0.05, 0) is 60.9 Å². The molecule has 0 aliphatic carbocycles. The van der Waals surface area contributed by atoms with Crippen LogP contribution in [0.3, 0.4) is 0 Å². The van der Waals surface area contributed by atoms with Gasteiger partial charge in [0.1, 0.15) is 11.7 Å². The first kappa shape index (κ1) is 23.7. The lowest BCUT2D eigenvalue weighted by Gasteiger charge is -2.27. The largest absolute Gasteiger partial charge is 0.497 e. The first-order valence-corrected chi connectivity index (χ1v) is 10.5. The van der Waals surface area contributed by atoms with E-state index in [4.69, 9.17) is 18.9 Å². The van der Waals surface area contributed by atoms with Crippen molar-refractivity contribution < 1.29 is 28.5 Å². The van der Waals surface area contributed by atoms with E-state index in [1.54, 1.807) is 25.3 Å². The zero-order valence-corrected chi connectivity index (χ0v) is 19.2. The molecular formula is C26H27NO6. The molecule has 0 N–H and O–H groups in total. The normalized spacial score (nSPS) is 15.6. The van der Waals surface area contributed by atoms with Gasteiger partial charge in [0.2, 0.25) is 11.7 Å². The highest BCUT2D eigenvalue weighted by molar-refractivity contribution is 6.04. The quantitative estimate of drug-likeness (QED) is 0.496. The van der Waals surface area contributed by atoms with Crippen molar-refractivity contribution in [3.8, 4) is 34.8 Å². The van der Waals surface area contributed by atoms with Crippen LogP contribution < -0.4 is 18.9 Å². The van der Waals surface area contributed by atoms with Gasteiger partial charge < -0.3 is 18.9 Å². The second kappa shape index (κ2) is 11.1. The molecule has 2 amide bonds. The van der Waals surface area contributed by atoms with Gasteiger partial charge in [0, 0.05) is 18.2 Å². The van der Waals surface area contributed by atoms with Crippen molar-refractivity contribution in [1.82, 2.24) is 4.90 Å². The van der Waals surface area contributed by atoms with Crippen molar-refractivity contribution in [3.05, 3.63) is 53.6 Å². The van der Waals surface area contributed by atoms with Crippen LogP contribution in [0.2, 0.25) is 0 Å². The van der Waals surface area contributed by atoms with Crippen molar-refractivity contribution in [3.63, 3.8) is 0 Å². The van der Waals surface area contributed by atoms with Gasteiger partial charge in [-0.1, -0.05) is 11.8 Å². The number of carbonyl (C=O) groups excluding carboxylic acids is 2. The van der Waals surface area contributed by atoms with Crippen LogP contribution >= 0.6 is 0 Å². The first-order chi connectivity index (χ1) is 16.0. The number of hydrogen-bond acceptors (Lipinski definition) is 6. The number of benzene rings is 2. The Balaban J connectivity index is 1.73. The van der Waals surface area contributed by atoms with Crippen LogP contribution in [0.15, 0.2) is 42.5 Å². The highest BCUT2D eigenvalue weighted by Gasteiger charge is 2.30. The van der Waals surface area contributed by atoms with E-state index in [2.05, 4.69) is 11.8 Å². The van der Waals surface area contributed by atoms with Crippen LogP contribution in [0.25, 0.3) is 6.08 Å². The molecule has 0 bridgehead atoms. The van der Waals surface area contributed by atoms with E-state index in [0.717, 1.165) is 11.3 Å². The topological polar surface area (TPSA) is 74.3 Å². The molecule has 1 unspecified atom stereocenters. The maximum atomic E-state index is 12.9.